The van der Waals surface area contributed by atoms with Crippen LogP contribution in [0.25, 0.3) is 0 Å². The van der Waals surface area contributed by atoms with Gasteiger partial charge < -0.3 is 9.47 Å². The first-order valence-electron chi connectivity index (χ1n) is 7.30. The average molecular weight is 299 g/mol. The molecule has 2 heterocycles. The highest BCUT2D eigenvalue weighted by molar-refractivity contribution is 6.07. The highest BCUT2D eigenvalue weighted by Crippen LogP contribution is 2.42. The summed E-state index contributed by atoms with van der Waals surface area (Å²) in [6.45, 7) is 4.02. The number of rotatable bonds is 3. The summed E-state index contributed by atoms with van der Waals surface area (Å²) in [6.07, 6.45) is 0. The second kappa shape index (κ2) is 5.75. The molecule has 0 radical (unpaired) electrons. The largest absolute Gasteiger partial charge is 0.465 e. The fourth-order valence-electron chi connectivity index (χ4n) is 3.05. The predicted molar refractivity (Wildman–Crippen MR) is 80.4 cm³/mol. The van der Waals surface area contributed by atoms with Gasteiger partial charge in [-0.1, -0.05) is 30.3 Å². The number of aliphatic imine (C=N–C) groups is 1. The lowest BCUT2D eigenvalue weighted by atomic mass is 9.76. The van der Waals surface area contributed by atoms with E-state index in [4.69, 9.17) is 9.47 Å². The molecule has 0 aliphatic carbocycles. The Balaban J connectivity index is 2.11. The second-order valence-electron chi connectivity index (χ2n) is 5.31. The highest BCUT2D eigenvalue weighted by Gasteiger charge is 2.45. The highest BCUT2D eigenvalue weighted by atomic mass is 16.5. The van der Waals surface area contributed by atoms with Crippen molar-refractivity contribution in [1.82, 2.24) is 0 Å². The Kier molecular flexibility index (Phi) is 3.79. The molecule has 114 valence electrons. The third-order valence-corrected chi connectivity index (χ3v) is 3.98. The van der Waals surface area contributed by atoms with Crippen molar-refractivity contribution in [2.75, 3.05) is 13.2 Å². The lowest BCUT2D eigenvalue weighted by Crippen LogP contribution is -2.35. The smallest absolute Gasteiger partial charge is 0.337 e. The number of benzene rings is 1. The van der Waals surface area contributed by atoms with E-state index in [9.17, 15) is 9.59 Å². The zero-order chi connectivity index (χ0) is 15.7. The van der Waals surface area contributed by atoms with Gasteiger partial charge in [-0.25, -0.2) is 4.79 Å². The number of cyclic esters (lactones) is 1. The van der Waals surface area contributed by atoms with Crippen LogP contribution < -0.4 is 0 Å². The minimum atomic E-state index is -0.591. The van der Waals surface area contributed by atoms with Gasteiger partial charge in [-0.15, -0.1) is 0 Å². The number of hydrogen-bond acceptors (Lipinski definition) is 5. The maximum absolute atomic E-state index is 12.4. The number of carbonyl (C=O) groups excluding carboxylic acids is 2. The quantitative estimate of drug-likeness (QED) is 0.803. The fraction of sp³-hybridized carbons (Fsp3) is 0.353. The van der Waals surface area contributed by atoms with Crippen LogP contribution in [0.4, 0.5) is 0 Å². The van der Waals surface area contributed by atoms with E-state index >= 15 is 0 Å². The van der Waals surface area contributed by atoms with E-state index in [0.717, 1.165) is 5.56 Å². The van der Waals surface area contributed by atoms with Gasteiger partial charge in [0.25, 0.3) is 0 Å². The third kappa shape index (κ3) is 2.32. The minimum Gasteiger partial charge on any atom is -0.465 e. The van der Waals surface area contributed by atoms with E-state index < -0.39 is 17.8 Å². The minimum absolute atomic E-state index is 0.171. The molecule has 5 heteroatoms. The fourth-order valence-corrected chi connectivity index (χ4v) is 3.05. The zero-order valence-corrected chi connectivity index (χ0v) is 12.5. The Bertz CT molecular complexity index is 675. The molecular formula is C17H17NO4. The van der Waals surface area contributed by atoms with Crippen molar-refractivity contribution in [1.29, 1.82) is 0 Å². The number of nitrogens with zero attached hydrogens (tertiary/aromatic N) is 1. The molecule has 22 heavy (non-hydrogen) atoms. The molecule has 0 bridgehead atoms. The van der Waals surface area contributed by atoms with Crippen LogP contribution in [0, 0.1) is 5.92 Å². The van der Waals surface area contributed by atoms with Crippen LogP contribution in [0.3, 0.4) is 0 Å². The van der Waals surface area contributed by atoms with E-state index in [1.807, 2.05) is 30.3 Å². The van der Waals surface area contributed by atoms with Crippen molar-refractivity contribution in [3.05, 3.63) is 47.2 Å². The van der Waals surface area contributed by atoms with Gasteiger partial charge in [0.15, 0.2) is 0 Å². The van der Waals surface area contributed by atoms with Crippen molar-refractivity contribution >= 4 is 17.7 Å². The van der Waals surface area contributed by atoms with E-state index in [0.29, 0.717) is 23.6 Å². The normalized spacial score (nSPS) is 23.7. The summed E-state index contributed by atoms with van der Waals surface area (Å²) in [5.74, 6) is -1.74. The molecule has 5 nitrogen and oxygen atoms in total. The van der Waals surface area contributed by atoms with Crippen molar-refractivity contribution in [3.8, 4) is 0 Å². The molecule has 0 saturated carbocycles. The molecule has 2 aliphatic rings. The van der Waals surface area contributed by atoms with Crippen LogP contribution in [-0.2, 0) is 19.1 Å². The molecule has 0 spiro atoms. The van der Waals surface area contributed by atoms with Crippen LogP contribution in [0.5, 0.6) is 0 Å². The number of hydrogen-bond donors (Lipinski definition) is 0. The van der Waals surface area contributed by atoms with Gasteiger partial charge in [-0.05, 0) is 19.4 Å². The number of carbonyl (C=O) groups is 2. The summed E-state index contributed by atoms with van der Waals surface area (Å²) >= 11 is 0. The Hall–Kier alpha value is -2.43. The van der Waals surface area contributed by atoms with E-state index in [-0.39, 0.29) is 12.6 Å². The molecule has 3 rings (SSSR count). The predicted octanol–water partition coefficient (Wildman–Crippen LogP) is 2.23. The van der Waals surface area contributed by atoms with Crippen molar-refractivity contribution in [3.63, 3.8) is 0 Å². The third-order valence-electron chi connectivity index (χ3n) is 3.98. The Labute approximate surface area is 128 Å². The van der Waals surface area contributed by atoms with Gasteiger partial charge in [-0.3, -0.25) is 9.79 Å². The topological polar surface area (TPSA) is 65.0 Å². The van der Waals surface area contributed by atoms with Crippen LogP contribution in [0.15, 0.2) is 46.6 Å². The van der Waals surface area contributed by atoms with E-state index in [1.165, 1.54) is 0 Å². The molecule has 0 saturated heterocycles. The molecule has 1 aromatic rings. The number of esters is 2. The van der Waals surface area contributed by atoms with Crippen molar-refractivity contribution in [2.45, 2.75) is 19.8 Å². The first kappa shape index (κ1) is 14.5. The molecule has 0 N–H and O–H groups in total. The lowest BCUT2D eigenvalue weighted by Gasteiger charge is -2.29. The van der Waals surface area contributed by atoms with Gasteiger partial charge in [0.05, 0.1) is 17.9 Å². The maximum atomic E-state index is 12.4. The van der Waals surface area contributed by atoms with E-state index in [1.54, 1.807) is 13.8 Å². The standard InChI is InChI=1S/C17H17NO4/c1-3-21-16(19)13-10(2)18-12-9-22-17(20)15(12)14(13)11-7-5-4-6-8-11/h4-8,13-14H,3,9H2,1-2H3/t13?,14-/m1/s1. The maximum Gasteiger partial charge on any atom is 0.337 e. The summed E-state index contributed by atoms with van der Waals surface area (Å²) in [7, 11) is 0. The SMILES string of the molecule is CCOC(=O)C1C(C)=NC2=C(C(=O)OC2)[C@@H]1c1ccccc1. The molecule has 2 aliphatic heterocycles. The van der Waals surface area contributed by atoms with Crippen LogP contribution >= 0.6 is 0 Å². The monoisotopic (exact) mass is 299 g/mol. The van der Waals surface area contributed by atoms with E-state index in [2.05, 4.69) is 4.99 Å². The van der Waals surface area contributed by atoms with Crippen LogP contribution in [0.2, 0.25) is 0 Å². The summed E-state index contributed by atoms with van der Waals surface area (Å²) < 4.78 is 10.3. The molecular weight excluding hydrogens is 282 g/mol. The van der Waals surface area contributed by atoms with Crippen LogP contribution in [-0.4, -0.2) is 30.9 Å². The van der Waals surface area contributed by atoms with Gasteiger partial charge >= 0.3 is 11.9 Å². The van der Waals surface area contributed by atoms with Gasteiger partial charge in [0, 0.05) is 11.6 Å². The summed E-state index contributed by atoms with van der Waals surface area (Å²) in [6, 6.07) is 9.49. The second-order valence-corrected chi connectivity index (χ2v) is 5.31. The summed E-state index contributed by atoms with van der Waals surface area (Å²) in [4.78, 5) is 28.9. The van der Waals surface area contributed by atoms with Crippen molar-refractivity contribution in [2.24, 2.45) is 10.9 Å². The summed E-state index contributed by atoms with van der Waals surface area (Å²) in [5, 5.41) is 0. The Morgan fingerprint density at radius 3 is 2.77 bits per heavy atom. The molecule has 1 aromatic carbocycles. The zero-order valence-electron chi connectivity index (χ0n) is 12.5. The van der Waals surface area contributed by atoms with Crippen LogP contribution in [0.1, 0.15) is 25.3 Å². The van der Waals surface area contributed by atoms with Gasteiger partial charge in [0.1, 0.15) is 12.5 Å². The first-order valence-corrected chi connectivity index (χ1v) is 7.30. The average Bonchev–Trinajstić information content (AvgIpc) is 2.88. The summed E-state index contributed by atoms with van der Waals surface area (Å²) in [5.41, 5.74) is 2.65. The molecule has 1 unspecified atom stereocenters. The molecule has 0 fully saturated rings. The van der Waals surface area contributed by atoms with Gasteiger partial charge in [0.2, 0.25) is 0 Å². The molecule has 0 amide bonds. The Morgan fingerprint density at radius 2 is 2.09 bits per heavy atom. The first-order chi connectivity index (χ1) is 10.6. The van der Waals surface area contributed by atoms with Gasteiger partial charge in [-0.2, -0.15) is 0 Å². The number of ether oxygens (including phenoxy) is 2. The Morgan fingerprint density at radius 1 is 1.36 bits per heavy atom. The van der Waals surface area contributed by atoms with Crippen molar-refractivity contribution < 1.29 is 19.1 Å². The molecule has 0 aromatic heterocycles. The lowest BCUT2D eigenvalue weighted by molar-refractivity contribution is -0.146. The molecule has 2 atom stereocenters.